The number of anilines is 1. The van der Waals surface area contributed by atoms with Gasteiger partial charge in [0.25, 0.3) is 0 Å². The molecule has 0 atom stereocenters. The molecule has 0 radical (unpaired) electrons. The van der Waals surface area contributed by atoms with E-state index in [1.54, 1.807) is 6.07 Å². The molecular formula is C10H7F3N2O. The summed E-state index contributed by atoms with van der Waals surface area (Å²) in [6.45, 7) is 1.16. The highest BCUT2D eigenvalue weighted by Gasteiger charge is 2.34. The molecule has 2 N–H and O–H groups in total. The lowest BCUT2D eigenvalue weighted by Gasteiger charge is -2.11. The van der Waals surface area contributed by atoms with E-state index in [4.69, 9.17) is 11.0 Å². The second kappa shape index (κ2) is 3.85. The Morgan fingerprint density at radius 2 is 2.00 bits per heavy atom. The summed E-state index contributed by atoms with van der Waals surface area (Å²) in [5.74, 6) is -0.503. The lowest BCUT2D eigenvalue weighted by molar-refractivity contribution is -0.136. The lowest BCUT2D eigenvalue weighted by Crippen LogP contribution is -2.11. The number of Topliss-reactive ketones (excluding diaryl/α,β-unsaturated/α-hetero) is 1. The van der Waals surface area contributed by atoms with Gasteiger partial charge < -0.3 is 5.73 Å². The van der Waals surface area contributed by atoms with E-state index in [1.807, 2.05) is 0 Å². The second-order valence-electron chi connectivity index (χ2n) is 3.15. The zero-order valence-corrected chi connectivity index (χ0v) is 8.22. The van der Waals surface area contributed by atoms with Gasteiger partial charge in [-0.05, 0) is 19.1 Å². The number of nitrogens with zero attached hydrogens (tertiary/aromatic N) is 1. The van der Waals surface area contributed by atoms with Gasteiger partial charge in [-0.2, -0.15) is 18.4 Å². The van der Waals surface area contributed by atoms with E-state index in [9.17, 15) is 18.0 Å². The van der Waals surface area contributed by atoms with Crippen molar-refractivity contribution in [2.45, 2.75) is 13.1 Å². The summed E-state index contributed by atoms with van der Waals surface area (Å²) >= 11 is 0. The van der Waals surface area contributed by atoms with Crippen LogP contribution in [0, 0.1) is 11.3 Å². The maximum absolute atomic E-state index is 12.4. The maximum atomic E-state index is 12.4. The van der Waals surface area contributed by atoms with Gasteiger partial charge in [0.2, 0.25) is 0 Å². The topological polar surface area (TPSA) is 66.9 Å². The largest absolute Gasteiger partial charge is 0.418 e. The molecule has 1 aromatic rings. The Kier molecular flexibility index (Phi) is 2.90. The smallest absolute Gasteiger partial charge is 0.398 e. The molecule has 0 fully saturated rings. The Balaban J connectivity index is 3.51. The number of halogens is 3. The van der Waals surface area contributed by atoms with Crippen LogP contribution in [0.2, 0.25) is 0 Å². The van der Waals surface area contributed by atoms with Crippen molar-refractivity contribution in [2.75, 3.05) is 5.73 Å². The zero-order chi connectivity index (χ0) is 12.5. The number of alkyl halides is 3. The number of carbonyl (C=O) groups is 1. The van der Waals surface area contributed by atoms with Crippen LogP contribution in [-0.2, 0) is 6.18 Å². The Hall–Kier alpha value is -2.03. The summed E-state index contributed by atoms with van der Waals surface area (Å²) in [6, 6.07) is 3.01. The summed E-state index contributed by atoms with van der Waals surface area (Å²) in [5, 5.41) is 8.64. The van der Waals surface area contributed by atoms with Crippen molar-refractivity contribution in [3.05, 3.63) is 28.8 Å². The van der Waals surface area contributed by atoms with Crippen molar-refractivity contribution in [1.29, 1.82) is 5.26 Å². The van der Waals surface area contributed by atoms with Crippen molar-refractivity contribution in [3.63, 3.8) is 0 Å². The van der Waals surface area contributed by atoms with Gasteiger partial charge >= 0.3 is 6.18 Å². The highest BCUT2D eigenvalue weighted by Crippen LogP contribution is 2.35. The molecular weight excluding hydrogens is 221 g/mol. The van der Waals surface area contributed by atoms with Gasteiger partial charge in [-0.1, -0.05) is 0 Å². The first-order valence-corrected chi connectivity index (χ1v) is 4.19. The average molecular weight is 228 g/mol. The number of benzene rings is 1. The number of rotatable bonds is 1. The van der Waals surface area contributed by atoms with E-state index >= 15 is 0 Å². The first-order chi connectivity index (χ1) is 7.27. The normalized spacial score (nSPS) is 10.9. The third kappa shape index (κ3) is 2.14. The fourth-order valence-corrected chi connectivity index (χ4v) is 1.25. The van der Waals surface area contributed by atoms with Crippen LogP contribution >= 0.6 is 0 Å². The van der Waals surface area contributed by atoms with Crippen LogP contribution in [0.15, 0.2) is 12.1 Å². The van der Waals surface area contributed by atoms with Crippen LogP contribution in [0.3, 0.4) is 0 Å². The molecule has 0 spiro atoms. The van der Waals surface area contributed by atoms with E-state index in [0.717, 1.165) is 13.0 Å². The standard InChI is InChI=1S/C10H7F3N2O/c1-5(16)7-3-9(15)8(10(11,12)13)2-6(7)4-14/h2-3H,15H2,1H3. The van der Waals surface area contributed by atoms with E-state index in [2.05, 4.69) is 0 Å². The molecule has 0 aliphatic rings. The number of nitrogen functional groups attached to an aromatic ring is 1. The van der Waals surface area contributed by atoms with Gasteiger partial charge in [0.1, 0.15) is 0 Å². The van der Waals surface area contributed by atoms with Crippen LogP contribution in [0.5, 0.6) is 0 Å². The Labute approximate surface area is 89.3 Å². The molecule has 1 aromatic carbocycles. The fourth-order valence-electron chi connectivity index (χ4n) is 1.25. The van der Waals surface area contributed by atoms with Crippen molar-refractivity contribution >= 4 is 11.5 Å². The number of nitriles is 1. The van der Waals surface area contributed by atoms with Crippen LogP contribution in [0.4, 0.5) is 18.9 Å². The van der Waals surface area contributed by atoms with E-state index in [0.29, 0.717) is 6.07 Å². The van der Waals surface area contributed by atoms with Gasteiger partial charge in [-0.15, -0.1) is 0 Å². The second-order valence-corrected chi connectivity index (χ2v) is 3.15. The molecule has 3 nitrogen and oxygen atoms in total. The average Bonchev–Trinajstić information content (AvgIpc) is 2.15. The molecule has 0 bridgehead atoms. The minimum absolute atomic E-state index is 0.104. The minimum atomic E-state index is -4.63. The SMILES string of the molecule is CC(=O)c1cc(N)c(C(F)(F)F)cc1C#N. The number of ketones is 1. The molecule has 0 aliphatic carbocycles. The van der Waals surface area contributed by atoms with E-state index in [-0.39, 0.29) is 11.1 Å². The third-order valence-corrected chi connectivity index (χ3v) is 1.99. The predicted molar refractivity (Wildman–Crippen MR) is 50.6 cm³/mol. The van der Waals surface area contributed by atoms with Crippen LogP contribution < -0.4 is 5.73 Å². The molecule has 0 unspecified atom stereocenters. The Morgan fingerprint density at radius 1 is 1.44 bits per heavy atom. The van der Waals surface area contributed by atoms with Crippen LogP contribution in [-0.4, -0.2) is 5.78 Å². The zero-order valence-electron chi connectivity index (χ0n) is 8.22. The van der Waals surface area contributed by atoms with Crippen LogP contribution in [0.25, 0.3) is 0 Å². The lowest BCUT2D eigenvalue weighted by atomic mass is 10.00. The Morgan fingerprint density at radius 3 is 2.38 bits per heavy atom. The van der Waals surface area contributed by atoms with E-state index in [1.165, 1.54) is 0 Å². The van der Waals surface area contributed by atoms with Gasteiger partial charge in [-0.3, -0.25) is 4.79 Å². The van der Waals surface area contributed by atoms with Crippen molar-refractivity contribution < 1.29 is 18.0 Å². The minimum Gasteiger partial charge on any atom is -0.398 e. The molecule has 0 saturated carbocycles. The molecule has 16 heavy (non-hydrogen) atoms. The van der Waals surface area contributed by atoms with Crippen molar-refractivity contribution in [2.24, 2.45) is 0 Å². The molecule has 0 amide bonds. The molecule has 0 aromatic heterocycles. The monoisotopic (exact) mass is 228 g/mol. The summed E-state index contributed by atoms with van der Waals surface area (Å²) in [7, 11) is 0. The highest BCUT2D eigenvalue weighted by molar-refractivity contribution is 5.97. The first kappa shape index (κ1) is 12.0. The molecule has 6 heteroatoms. The summed E-state index contributed by atoms with van der Waals surface area (Å²) in [4.78, 5) is 11.1. The molecule has 0 aliphatic heterocycles. The number of hydrogen-bond donors (Lipinski definition) is 1. The van der Waals surface area contributed by atoms with Gasteiger partial charge in [0.05, 0.1) is 17.2 Å². The molecule has 0 heterocycles. The van der Waals surface area contributed by atoms with Gasteiger partial charge in [0.15, 0.2) is 5.78 Å². The fraction of sp³-hybridized carbons (Fsp3) is 0.200. The van der Waals surface area contributed by atoms with Crippen molar-refractivity contribution in [3.8, 4) is 6.07 Å². The molecule has 84 valence electrons. The van der Waals surface area contributed by atoms with E-state index < -0.39 is 23.2 Å². The molecule has 0 saturated heterocycles. The number of nitrogens with two attached hydrogens (primary N) is 1. The quantitative estimate of drug-likeness (QED) is 0.592. The van der Waals surface area contributed by atoms with Crippen LogP contribution in [0.1, 0.15) is 28.4 Å². The van der Waals surface area contributed by atoms with Gasteiger partial charge in [-0.25, -0.2) is 0 Å². The third-order valence-electron chi connectivity index (χ3n) is 1.99. The summed E-state index contributed by atoms with van der Waals surface area (Å²) in [6.07, 6.45) is -4.63. The number of carbonyl (C=O) groups excluding carboxylic acids is 1. The summed E-state index contributed by atoms with van der Waals surface area (Å²) in [5.41, 5.74) is 3.10. The molecule has 1 rings (SSSR count). The maximum Gasteiger partial charge on any atom is 0.418 e. The Bertz CT molecular complexity index is 486. The van der Waals surface area contributed by atoms with Crippen molar-refractivity contribution in [1.82, 2.24) is 0 Å². The first-order valence-electron chi connectivity index (χ1n) is 4.19. The van der Waals surface area contributed by atoms with Gasteiger partial charge in [0, 0.05) is 11.3 Å². The predicted octanol–water partition coefficient (Wildman–Crippen LogP) is 2.36. The number of hydrogen-bond acceptors (Lipinski definition) is 3. The summed E-state index contributed by atoms with van der Waals surface area (Å²) < 4.78 is 37.3. The highest BCUT2D eigenvalue weighted by atomic mass is 19.4.